The highest BCUT2D eigenvalue weighted by Crippen LogP contribution is 2.36. The second-order valence-corrected chi connectivity index (χ2v) is 7.88. The van der Waals surface area contributed by atoms with E-state index < -0.39 is 0 Å². The molecule has 2 heterocycles. The number of para-hydroxylation sites is 1. The van der Waals surface area contributed by atoms with Gasteiger partial charge in [-0.15, -0.1) is 0 Å². The Morgan fingerprint density at radius 3 is 2.67 bits per heavy atom. The molecule has 0 spiro atoms. The number of H-pyrrole nitrogens is 1. The summed E-state index contributed by atoms with van der Waals surface area (Å²) in [5.74, 6) is 0.310. The number of hydrogen-bond acceptors (Lipinski definition) is 4. The standard InChI is InChI=1S/C24H18BrN3O2/c1-2-30-24(29)20-13-14-7-12-18-17-5-3-4-6-19(17)27-22(18)21(14)23(28-20)26-16-10-8-15(25)9-11-16/h3-13,26,28H,2H2,1H3. The molecule has 0 saturated carbocycles. The van der Waals surface area contributed by atoms with E-state index in [0.29, 0.717) is 18.1 Å². The maximum absolute atomic E-state index is 12.4. The van der Waals surface area contributed by atoms with E-state index in [0.717, 1.165) is 42.7 Å². The van der Waals surface area contributed by atoms with Gasteiger partial charge in [0.1, 0.15) is 11.5 Å². The lowest BCUT2D eigenvalue weighted by Crippen LogP contribution is -2.09. The zero-order valence-corrected chi connectivity index (χ0v) is 17.8. The average molecular weight is 460 g/mol. The number of carbonyl (C=O) groups is 1. The first-order valence-electron chi connectivity index (χ1n) is 9.68. The van der Waals surface area contributed by atoms with Crippen LogP contribution in [-0.2, 0) is 4.74 Å². The van der Waals surface area contributed by atoms with E-state index in [2.05, 4.69) is 38.4 Å². The van der Waals surface area contributed by atoms with E-state index >= 15 is 0 Å². The largest absolute Gasteiger partial charge is 0.461 e. The lowest BCUT2D eigenvalue weighted by Gasteiger charge is -2.13. The molecule has 0 saturated heterocycles. The fourth-order valence-electron chi connectivity index (χ4n) is 3.72. The van der Waals surface area contributed by atoms with Crippen LogP contribution in [0.3, 0.4) is 0 Å². The Bertz CT molecular complexity index is 1410. The van der Waals surface area contributed by atoms with Gasteiger partial charge < -0.3 is 15.0 Å². The van der Waals surface area contributed by atoms with Crippen LogP contribution in [0.15, 0.2) is 71.2 Å². The third kappa shape index (κ3) is 3.19. The van der Waals surface area contributed by atoms with Crippen LogP contribution in [0.2, 0.25) is 0 Å². The molecule has 0 unspecified atom stereocenters. The molecule has 0 radical (unpaired) electrons. The topological polar surface area (TPSA) is 67.0 Å². The first-order chi connectivity index (χ1) is 14.6. The van der Waals surface area contributed by atoms with Crippen LogP contribution >= 0.6 is 15.9 Å². The monoisotopic (exact) mass is 459 g/mol. The molecule has 0 aliphatic heterocycles. The van der Waals surface area contributed by atoms with Crippen molar-refractivity contribution in [3.8, 4) is 0 Å². The van der Waals surface area contributed by atoms with Crippen molar-refractivity contribution in [2.24, 2.45) is 0 Å². The first kappa shape index (κ1) is 18.6. The molecule has 5 rings (SSSR count). The van der Waals surface area contributed by atoms with Gasteiger partial charge in [0.2, 0.25) is 0 Å². The van der Waals surface area contributed by atoms with Gasteiger partial charge in [-0.2, -0.15) is 0 Å². The summed E-state index contributed by atoms with van der Waals surface area (Å²) in [7, 11) is 0. The summed E-state index contributed by atoms with van der Waals surface area (Å²) >= 11 is 3.46. The van der Waals surface area contributed by atoms with Crippen LogP contribution in [0.4, 0.5) is 11.5 Å². The third-order valence-electron chi connectivity index (χ3n) is 5.06. The van der Waals surface area contributed by atoms with Crippen molar-refractivity contribution in [1.29, 1.82) is 0 Å². The summed E-state index contributed by atoms with van der Waals surface area (Å²) in [6.07, 6.45) is 0. The second kappa shape index (κ2) is 7.46. The van der Waals surface area contributed by atoms with E-state index in [4.69, 9.17) is 9.72 Å². The molecule has 5 aromatic rings. The highest BCUT2D eigenvalue weighted by molar-refractivity contribution is 9.10. The van der Waals surface area contributed by atoms with E-state index in [-0.39, 0.29) is 5.97 Å². The van der Waals surface area contributed by atoms with Crippen molar-refractivity contribution >= 4 is 66.0 Å². The Labute approximate surface area is 181 Å². The van der Waals surface area contributed by atoms with E-state index in [1.54, 1.807) is 6.92 Å². The Morgan fingerprint density at radius 2 is 1.87 bits per heavy atom. The van der Waals surface area contributed by atoms with Crippen molar-refractivity contribution in [3.05, 3.63) is 76.9 Å². The molecule has 2 aromatic heterocycles. The van der Waals surface area contributed by atoms with Gasteiger partial charge >= 0.3 is 5.97 Å². The number of fused-ring (bicyclic) bond motifs is 5. The zero-order valence-electron chi connectivity index (χ0n) is 16.2. The van der Waals surface area contributed by atoms with Gasteiger partial charge in [0, 0.05) is 26.3 Å². The summed E-state index contributed by atoms with van der Waals surface area (Å²) < 4.78 is 6.21. The van der Waals surface area contributed by atoms with Crippen LogP contribution in [0.5, 0.6) is 0 Å². The molecule has 5 nitrogen and oxygen atoms in total. The van der Waals surface area contributed by atoms with Gasteiger partial charge in [-0.3, -0.25) is 0 Å². The Kier molecular flexibility index (Phi) is 4.64. The van der Waals surface area contributed by atoms with E-state index in [1.807, 2.05) is 54.6 Å². The summed E-state index contributed by atoms with van der Waals surface area (Å²) in [5, 5.41) is 7.45. The number of carbonyl (C=O) groups excluding carboxylic acids is 1. The van der Waals surface area contributed by atoms with Crippen LogP contribution in [0.25, 0.3) is 32.6 Å². The SMILES string of the molecule is CCOC(=O)c1cc2ccc3c4ccccc4nc3c2c(Nc2ccc(Br)cc2)[nH]1. The summed E-state index contributed by atoms with van der Waals surface area (Å²) in [5.41, 5.74) is 3.12. The van der Waals surface area contributed by atoms with Gasteiger partial charge in [0.25, 0.3) is 0 Å². The average Bonchev–Trinajstić information content (AvgIpc) is 3.14. The quantitative estimate of drug-likeness (QED) is 0.299. The van der Waals surface area contributed by atoms with E-state index in [9.17, 15) is 4.79 Å². The number of halogens is 1. The van der Waals surface area contributed by atoms with Crippen LogP contribution in [0, 0.1) is 0 Å². The summed E-state index contributed by atoms with van der Waals surface area (Å²) in [6, 6.07) is 21.9. The number of pyridine rings is 1. The van der Waals surface area contributed by atoms with Crippen molar-refractivity contribution in [3.63, 3.8) is 0 Å². The number of aromatic nitrogens is 2. The summed E-state index contributed by atoms with van der Waals surface area (Å²) in [6.45, 7) is 2.11. The van der Waals surface area contributed by atoms with Crippen LogP contribution in [0.1, 0.15) is 17.4 Å². The highest BCUT2D eigenvalue weighted by atomic mass is 79.9. The lowest BCUT2D eigenvalue weighted by molar-refractivity contribution is 0.0520. The van der Waals surface area contributed by atoms with Gasteiger partial charge in [-0.25, -0.2) is 9.78 Å². The molecule has 6 heteroatoms. The molecule has 148 valence electrons. The van der Waals surface area contributed by atoms with Crippen molar-refractivity contribution in [1.82, 2.24) is 9.97 Å². The number of nitrogens with zero attached hydrogens (tertiary/aromatic N) is 1. The number of rotatable bonds is 4. The number of aromatic amines is 1. The summed E-state index contributed by atoms with van der Waals surface area (Å²) in [4.78, 5) is 20.6. The minimum atomic E-state index is -0.390. The fraction of sp³-hybridized carbons (Fsp3) is 0.0833. The predicted octanol–water partition coefficient (Wildman–Crippen LogP) is 6.55. The zero-order chi connectivity index (χ0) is 20.7. The van der Waals surface area contributed by atoms with E-state index in [1.165, 1.54) is 0 Å². The molecule has 0 fully saturated rings. The molecule has 0 atom stereocenters. The number of nitrogens with one attached hydrogen (secondary N) is 2. The smallest absolute Gasteiger partial charge is 0.354 e. The van der Waals surface area contributed by atoms with Crippen LogP contribution < -0.4 is 5.32 Å². The minimum Gasteiger partial charge on any atom is -0.461 e. The normalized spacial score (nSPS) is 11.3. The van der Waals surface area contributed by atoms with Gasteiger partial charge in [-0.05, 0) is 48.7 Å². The lowest BCUT2D eigenvalue weighted by atomic mass is 10.1. The van der Waals surface area contributed by atoms with Crippen LogP contribution in [-0.4, -0.2) is 22.5 Å². The van der Waals surface area contributed by atoms with Crippen molar-refractivity contribution < 1.29 is 9.53 Å². The Balaban J connectivity index is 1.79. The first-order valence-corrected chi connectivity index (χ1v) is 10.5. The molecule has 0 amide bonds. The molecule has 2 N–H and O–H groups in total. The number of anilines is 2. The molecular formula is C24H18BrN3O2. The molecule has 0 bridgehead atoms. The maximum atomic E-state index is 12.4. The second-order valence-electron chi connectivity index (χ2n) is 6.97. The Morgan fingerprint density at radius 1 is 1.07 bits per heavy atom. The molecule has 0 aliphatic rings. The molecular weight excluding hydrogens is 442 g/mol. The predicted molar refractivity (Wildman–Crippen MR) is 124 cm³/mol. The number of ether oxygens (including phenoxy) is 1. The van der Waals surface area contributed by atoms with Gasteiger partial charge in [-0.1, -0.05) is 46.3 Å². The number of hydrogen-bond donors (Lipinski definition) is 2. The fourth-order valence-corrected chi connectivity index (χ4v) is 3.99. The van der Waals surface area contributed by atoms with Crippen molar-refractivity contribution in [2.45, 2.75) is 6.92 Å². The molecule has 30 heavy (non-hydrogen) atoms. The Hall–Kier alpha value is -3.38. The number of esters is 1. The maximum Gasteiger partial charge on any atom is 0.354 e. The molecule has 0 aliphatic carbocycles. The number of benzene rings is 3. The van der Waals surface area contributed by atoms with Crippen molar-refractivity contribution in [2.75, 3.05) is 11.9 Å². The highest BCUT2D eigenvalue weighted by Gasteiger charge is 2.16. The molecule has 3 aromatic carbocycles. The van der Waals surface area contributed by atoms with Gasteiger partial charge in [0.05, 0.1) is 17.6 Å². The third-order valence-corrected chi connectivity index (χ3v) is 5.58. The minimum absolute atomic E-state index is 0.314. The van der Waals surface area contributed by atoms with Gasteiger partial charge in [0.15, 0.2) is 0 Å².